The van der Waals surface area contributed by atoms with Gasteiger partial charge in [0.2, 0.25) is 5.91 Å². The summed E-state index contributed by atoms with van der Waals surface area (Å²) in [4.78, 5) is 25.8. The van der Waals surface area contributed by atoms with Gasteiger partial charge in [-0.1, -0.05) is 42.5 Å². The molecule has 1 atom stereocenters. The molecular formula is C25H26N4O2. The fraction of sp³-hybridized carbons (Fsp3) is 0.320. The molecule has 2 aliphatic rings. The molecule has 0 unspecified atom stereocenters. The van der Waals surface area contributed by atoms with Gasteiger partial charge in [0.1, 0.15) is 29.9 Å². The minimum Gasteiger partial charge on any atom is -0.489 e. The van der Waals surface area contributed by atoms with Crippen LogP contribution < -0.4 is 14.5 Å². The predicted octanol–water partition coefficient (Wildman–Crippen LogP) is 3.79. The summed E-state index contributed by atoms with van der Waals surface area (Å²) in [5.41, 5.74) is 3.19. The third-order valence-corrected chi connectivity index (χ3v) is 6.11. The first-order valence-corrected chi connectivity index (χ1v) is 10.8. The monoisotopic (exact) mass is 414 g/mol. The van der Waals surface area contributed by atoms with E-state index < -0.39 is 0 Å². The summed E-state index contributed by atoms with van der Waals surface area (Å²) in [6, 6.07) is 18.3. The topological polar surface area (TPSA) is 58.6 Å². The van der Waals surface area contributed by atoms with Crippen molar-refractivity contribution in [2.24, 2.45) is 0 Å². The highest BCUT2D eigenvalue weighted by atomic mass is 16.5. The highest BCUT2D eigenvalue weighted by molar-refractivity contribution is 6.04. The van der Waals surface area contributed by atoms with Gasteiger partial charge in [-0.2, -0.15) is 0 Å². The van der Waals surface area contributed by atoms with E-state index in [1.54, 1.807) is 11.1 Å². The number of ether oxygens (including phenoxy) is 1. The number of carbonyl (C=O) groups is 1. The van der Waals surface area contributed by atoms with Crippen LogP contribution in [-0.2, 0) is 24.2 Å². The van der Waals surface area contributed by atoms with Crippen molar-refractivity contribution in [3.05, 3.63) is 77.7 Å². The van der Waals surface area contributed by atoms with Crippen LogP contribution in [0.5, 0.6) is 5.75 Å². The second-order valence-corrected chi connectivity index (χ2v) is 8.16. The zero-order valence-electron chi connectivity index (χ0n) is 17.7. The average molecular weight is 415 g/mol. The van der Waals surface area contributed by atoms with Crippen LogP contribution in [0.15, 0.2) is 60.8 Å². The maximum atomic E-state index is 12.5. The van der Waals surface area contributed by atoms with Crippen LogP contribution >= 0.6 is 0 Å². The number of aryl methyl sites for hydroxylation is 2. The third kappa shape index (κ3) is 3.98. The van der Waals surface area contributed by atoms with E-state index in [1.807, 2.05) is 37.4 Å². The molecule has 0 N–H and O–H groups in total. The lowest BCUT2D eigenvalue weighted by Gasteiger charge is -2.36. The Morgan fingerprint density at radius 2 is 1.84 bits per heavy atom. The summed E-state index contributed by atoms with van der Waals surface area (Å²) in [5, 5.41) is 0. The normalized spacial score (nSPS) is 17.5. The number of aromatic nitrogens is 2. The maximum Gasteiger partial charge on any atom is 0.249 e. The molecule has 1 saturated heterocycles. The van der Waals surface area contributed by atoms with Crippen molar-refractivity contribution in [3.8, 4) is 5.75 Å². The van der Waals surface area contributed by atoms with Crippen LogP contribution in [0.2, 0.25) is 0 Å². The number of carbonyl (C=O) groups excluding carboxylic acids is 1. The van der Waals surface area contributed by atoms with Crippen molar-refractivity contribution in [1.82, 2.24) is 9.97 Å². The number of anilines is 2. The zero-order chi connectivity index (χ0) is 21.2. The molecule has 2 aromatic carbocycles. The van der Waals surface area contributed by atoms with Gasteiger partial charge in [-0.25, -0.2) is 9.97 Å². The summed E-state index contributed by atoms with van der Waals surface area (Å²) in [6.07, 6.45) is 5.34. The highest BCUT2D eigenvalue weighted by Gasteiger charge is 2.40. The molecular weight excluding hydrogens is 388 g/mol. The van der Waals surface area contributed by atoms with Crippen molar-refractivity contribution in [1.29, 1.82) is 0 Å². The minimum absolute atomic E-state index is 0.0660. The second kappa shape index (κ2) is 8.38. The molecule has 2 aliphatic heterocycles. The number of likely N-dealkylation sites (N-methyl/N-ethyl adjacent to an activating group) is 1. The number of rotatable bonds is 6. The Morgan fingerprint density at radius 1 is 1.03 bits per heavy atom. The SMILES string of the molecule is CN1C(=O)[C@H]2CCCN2c2nc(CCc3ccc(OCc4ccccc4)cc3)ncc21. The molecule has 31 heavy (non-hydrogen) atoms. The van der Waals surface area contributed by atoms with Gasteiger partial charge in [0.05, 0.1) is 6.20 Å². The van der Waals surface area contributed by atoms with Crippen LogP contribution in [0, 0.1) is 0 Å². The van der Waals surface area contributed by atoms with E-state index in [0.717, 1.165) is 60.9 Å². The first-order valence-electron chi connectivity index (χ1n) is 10.8. The van der Waals surface area contributed by atoms with Crippen LogP contribution in [-0.4, -0.2) is 35.5 Å². The van der Waals surface area contributed by atoms with Gasteiger partial charge < -0.3 is 14.5 Å². The number of hydrogen-bond donors (Lipinski definition) is 0. The van der Waals surface area contributed by atoms with Crippen LogP contribution in [0.3, 0.4) is 0 Å². The Bertz CT molecular complexity index is 1070. The molecule has 5 rings (SSSR count). The number of fused-ring (bicyclic) bond motifs is 3. The van der Waals surface area contributed by atoms with E-state index in [0.29, 0.717) is 6.61 Å². The Morgan fingerprint density at radius 3 is 2.65 bits per heavy atom. The standard InChI is InChI=1S/C25H26N4O2/c1-28-22-16-26-23(27-24(22)29-15-5-8-21(29)25(28)30)14-11-18-9-12-20(13-10-18)31-17-19-6-3-2-4-7-19/h2-4,6-7,9-10,12-13,16,21H,5,8,11,14-15,17H2,1H3/t21-/m1/s1. The van der Waals surface area contributed by atoms with Gasteiger partial charge in [-0.15, -0.1) is 0 Å². The molecule has 3 heterocycles. The molecule has 1 amide bonds. The lowest BCUT2D eigenvalue weighted by atomic mass is 10.1. The number of amides is 1. The molecule has 1 aromatic heterocycles. The summed E-state index contributed by atoms with van der Waals surface area (Å²) >= 11 is 0. The molecule has 0 radical (unpaired) electrons. The van der Waals surface area contributed by atoms with Gasteiger partial charge in [0, 0.05) is 20.0 Å². The Kier molecular flexibility index (Phi) is 5.28. The lowest BCUT2D eigenvalue weighted by molar-refractivity contribution is -0.119. The molecule has 0 aliphatic carbocycles. The van der Waals surface area contributed by atoms with Gasteiger partial charge in [-0.3, -0.25) is 4.79 Å². The molecule has 6 heteroatoms. The fourth-order valence-electron chi connectivity index (χ4n) is 4.34. The van der Waals surface area contributed by atoms with Crippen molar-refractivity contribution in [2.45, 2.75) is 38.3 Å². The van der Waals surface area contributed by atoms with E-state index in [9.17, 15) is 4.79 Å². The summed E-state index contributed by atoms with van der Waals surface area (Å²) in [6.45, 7) is 1.45. The van der Waals surface area contributed by atoms with E-state index in [-0.39, 0.29) is 11.9 Å². The fourth-order valence-corrected chi connectivity index (χ4v) is 4.34. The zero-order valence-corrected chi connectivity index (χ0v) is 17.7. The average Bonchev–Trinajstić information content (AvgIpc) is 3.31. The molecule has 158 valence electrons. The highest BCUT2D eigenvalue weighted by Crippen LogP contribution is 2.37. The summed E-state index contributed by atoms with van der Waals surface area (Å²) in [7, 11) is 1.82. The van der Waals surface area contributed by atoms with Crippen LogP contribution in [0.25, 0.3) is 0 Å². The third-order valence-electron chi connectivity index (χ3n) is 6.11. The van der Waals surface area contributed by atoms with Crippen molar-refractivity contribution < 1.29 is 9.53 Å². The predicted molar refractivity (Wildman–Crippen MR) is 120 cm³/mol. The second-order valence-electron chi connectivity index (χ2n) is 8.16. The number of nitrogens with zero attached hydrogens (tertiary/aromatic N) is 4. The van der Waals surface area contributed by atoms with E-state index in [1.165, 1.54) is 5.56 Å². The molecule has 0 saturated carbocycles. The quantitative estimate of drug-likeness (QED) is 0.614. The van der Waals surface area contributed by atoms with Gasteiger partial charge in [0.15, 0.2) is 5.82 Å². The first-order chi connectivity index (χ1) is 15.2. The Hall–Kier alpha value is -3.41. The van der Waals surface area contributed by atoms with Gasteiger partial charge >= 0.3 is 0 Å². The van der Waals surface area contributed by atoms with Crippen molar-refractivity contribution in [2.75, 3.05) is 23.4 Å². The Labute approximate surface area is 182 Å². The largest absolute Gasteiger partial charge is 0.489 e. The molecule has 6 nitrogen and oxygen atoms in total. The van der Waals surface area contributed by atoms with Gasteiger partial charge in [-0.05, 0) is 42.5 Å². The summed E-state index contributed by atoms with van der Waals surface area (Å²) in [5.74, 6) is 2.73. The smallest absolute Gasteiger partial charge is 0.249 e. The van der Waals surface area contributed by atoms with Crippen molar-refractivity contribution in [3.63, 3.8) is 0 Å². The summed E-state index contributed by atoms with van der Waals surface area (Å²) < 4.78 is 5.87. The maximum absolute atomic E-state index is 12.5. The molecule has 1 fully saturated rings. The van der Waals surface area contributed by atoms with E-state index in [4.69, 9.17) is 9.72 Å². The van der Waals surface area contributed by atoms with Crippen LogP contribution in [0.1, 0.15) is 29.8 Å². The first kappa shape index (κ1) is 19.5. The lowest BCUT2D eigenvalue weighted by Crippen LogP contribution is -2.49. The minimum atomic E-state index is -0.0660. The van der Waals surface area contributed by atoms with E-state index in [2.05, 4.69) is 34.1 Å². The Balaban J connectivity index is 1.22. The van der Waals surface area contributed by atoms with Crippen molar-refractivity contribution >= 4 is 17.4 Å². The number of hydrogen-bond acceptors (Lipinski definition) is 5. The van der Waals surface area contributed by atoms with Crippen LogP contribution in [0.4, 0.5) is 11.5 Å². The molecule has 0 bridgehead atoms. The number of benzene rings is 2. The van der Waals surface area contributed by atoms with Gasteiger partial charge in [0.25, 0.3) is 0 Å². The molecule has 0 spiro atoms. The molecule has 3 aromatic rings. The van der Waals surface area contributed by atoms with E-state index >= 15 is 0 Å².